The summed E-state index contributed by atoms with van der Waals surface area (Å²) in [6.45, 7) is 1.83. The van der Waals surface area contributed by atoms with Gasteiger partial charge in [0, 0.05) is 32.5 Å². The average molecular weight is 361 g/mol. The minimum atomic E-state index is -3.40. The lowest BCUT2D eigenvalue weighted by Gasteiger charge is -2.35. The minimum absolute atomic E-state index is 0.403. The second kappa shape index (κ2) is 6.45. The molecule has 1 aliphatic heterocycles. The van der Waals surface area contributed by atoms with Crippen LogP contribution >= 0.6 is 15.9 Å². The maximum absolute atomic E-state index is 12.4. The second-order valence-corrected chi connectivity index (χ2v) is 8.13. The largest absolute Gasteiger partial charge is 0.370 e. The Balaban J connectivity index is 2.38. The molecule has 1 aliphatic rings. The lowest BCUT2D eigenvalue weighted by Crippen LogP contribution is -2.37. The molecule has 1 fully saturated rings. The number of para-hydroxylation sites is 1. The lowest BCUT2D eigenvalue weighted by molar-refractivity contribution is 0.452. The third-order valence-corrected chi connectivity index (χ3v) is 6.48. The van der Waals surface area contributed by atoms with Gasteiger partial charge in [0.1, 0.15) is 4.90 Å². The van der Waals surface area contributed by atoms with Gasteiger partial charge in [-0.3, -0.25) is 0 Å². The highest BCUT2D eigenvalue weighted by atomic mass is 79.9. The molecule has 0 saturated carbocycles. The number of anilines is 1. The number of nitrogens with zero attached hydrogens (tertiary/aromatic N) is 2. The zero-order valence-electron chi connectivity index (χ0n) is 11.9. The molecular formula is C14H21BrN2O2S. The van der Waals surface area contributed by atoms with Crippen molar-refractivity contribution < 1.29 is 8.42 Å². The smallest absolute Gasteiger partial charge is 0.244 e. The first-order valence-corrected chi connectivity index (χ1v) is 9.35. The molecule has 1 unspecified atom stereocenters. The quantitative estimate of drug-likeness (QED) is 0.774. The van der Waals surface area contributed by atoms with Gasteiger partial charge in [0.05, 0.1) is 5.69 Å². The number of sulfonamides is 1. The summed E-state index contributed by atoms with van der Waals surface area (Å²) in [5.74, 6) is 0.582. The van der Waals surface area contributed by atoms with Crippen molar-refractivity contribution in [1.82, 2.24) is 4.31 Å². The number of benzene rings is 1. The predicted octanol–water partition coefficient (Wildman–Crippen LogP) is 2.55. The Bertz CT molecular complexity index is 560. The minimum Gasteiger partial charge on any atom is -0.370 e. The summed E-state index contributed by atoms with van der Waals surface area (Å²) in [6, 6.07) is 7.29. The Labute approximate surface area is 129 Å². The molecule has 0 bridgehead atoms. The van der Waals surface area contributed by atoms with Crippen LogP contribution in [0.4, 0.5) is 5.69 Å². The third-order valence-electron chi connectivity index (χ3n) is 3.70. The maximum atomic E-state index is 12.4. The Kier molecular flexibility index (Phi) is 5.09. The van der Waals surface area contributed by atoms with Crippen molar-refractivity contribution in [2.24, 2.45) is 5.92 Å². The van der Waals surface area contributed by atoms with E-state index >= 15 is 0 Å². The molecule has 1 aromatic rings. The van der Waals surface area contributed by atoms with Gasteiger partial charge < -0.3 is 4.90 Å². The number of alkyl halides is 1. The molecule has 0 aliphatic carbocycles. The van der Waals surface area contributed by atoms with Gasteiger partial charge in [0.25, 0.3) is 0 Å². The van der Waals surface area contributed by atoms with Crippen molar-refractivity contribution in [3.63, 3.8) is 0 Å². The highest BCUT2D eigenvalue weighted by Crippen LogP contribution is 2.30. The molecule has 20 heavy (non-hydrogen) atoms. The second-order valence-electron chi connectivity index (χ2n) is 5.36. The fraction of sp³-hybridized carbons (Fsp3) is 0.571. The van der Waals surface area contributed by atoms with E-state index in [1.165, 1.54) is 10.7 Å². The maximum Gasteiger partial charge on any atom is 0.244 e. The van der Waals surface area contributed by atoms with E-state index in [9.17, 15) is 8.42 Å². The fourth-order valence-electron chi connectivity index (χ4n) is 2.54. The molecule has 112 valence electrons. The lowest BCUT2D eigenvalue weighted by atomic mass is 10.00. The van der Waals surface area contributed by atoms with Crippen LogP contribution in [0, 0.1) is 5.92 Å². The Morgan fingerprint density at radius 1 is 1.35 bits per heavy atom. The number of halogens is 1. The van der Waals surface area contributed by atoms with Gasteiger partial charge >= 0.3 is 0 Å². The normalized spacial score (nSPS) is 20.4. The van der Waals surface area contributed by atoms with Crippen LogP contribution in [-0.2, 0) is 10.0 Å². The number of piperidine rings is 1. The molecule has 0 N–H and O–H groups in total. The molecule has 1 heterocycles. The van der Waals surface area contributed by atoms with Crippen LogP contribution in [0.25, 0.3) is 0 Å². The Morgan fingerprint density at radius 2 is 2.05 bits per heavy atom. The van der Waals surface area contributed by atoms with Crippen LogP contribution < -0.4 is 4.90 Å². The monoisotopic (exact) mass is 360 g/mol. The first kappa shape index (κ1) is 15.8. The zero-order chi connectivity index (χ0) is 14.8. The van der Waals surface area contributed by atoms with Gasteiger partial charge in [0.2, 0.25) is 10.0 Å². The summed E-state index contributed by atoms with van der Waals surface area (Å²) < 4.78 is 26.1. The average Bonchev–Trinajstić information content (AvgIpc) is 2.47. The molecule has 0 amide bonds. The first-order valence-electron chi connectivity index (χ1n) is 6.79. The highest BCUT2D eigenvalue weighted by Gasteiger charge is 2.26. The van der Waals surface area contributed by atoms with Crippen molar-refractivity contribution in [3.8, 4) is 0 Å². The van der Waals surface area contributed by atoms with Crippen LogP contribution in [0.15, 0.2) is 29.2 Å². The van der Waals surface area contributed by atoms with Gasteiger partial charge in [-0.25, -0.2) is 12.7 Å². The van der Waals surface area contributed by atoms with Gasteiger partial charge in [-0.2, -0.15) is 0 Å². The van der Waals surface area contributed by atoms with Gasteiger partial charge in [-0.05, 0) is 30.9 Å². The van der Waals surface area contributed by atoms with E-state index in [0.717, 1.165) is 30.5 Å². The first-order chi connectivity index (χ1) is 9.46. The number of hydrogen-bond acceptors (Lipinski definition) is 3. The molecule has 4 nitrogen and oxygen atoms in total. The molecule has 0 aromatic heterocycles. The molecule has 1 aromatic carbocycles. The summed E-state index contributed by atoms with van der Waals surface area (Å²) >= 11 is 3.54. The topological polar surface area (TPSA) is 40.6 Å². The highest BCUT2D eigenvalue weighted by molar-refractivity contribution is 9.09. The molecule has 1 saturated heterocycles. The molecule has 2 rings (SSSR count). The van der Waals surface area contributed by atoms with Gasteiger partial charge in [0.15, 0.2) is 0 Å². The van der Waals surface area contributed by atoms with Crippen molar-refractivity contribution in [1.29, 1.82) is 0 Å². The molecule has 1 atom stereocenters. The van der Waals surface area contributed by atoms with E-state index < -0.39 is 10.0 Å². The molecule has 6 heteroatoms. The molecular weight excluding hydrogens is 340 g/mol. The Hall–Kier alpha value is -0.590. The van der Waals surface area contributed by atoms with Crippen LogP contribution in [0.2, 0.25) is 0 Å². The van der Waals surface area contributed by atoms with E-state index in [1.54, 1.807) is 26.2 Å². The molecule has 0 spiro atoms. The van der Waals surface area contributed by atoms with Gasteiger partial charge in [-0.15, -0.1) is 0 Å². The summed E-state index contributed by atoms with van der Waals surface area (Å²) in [7, 11) is -0.255. The number of rotatable bonds is 4. The van der Waals surface area contributed by atoms with Crippen LogP contribution in [0.1, 0.15) is 12.8 Å². The van der Waals surface area contributed by atoms with E-state index in [0.29, 0.717) is 10.8 Å². The summed E-state index contributed by atoms with van der Waals surface area (Å²) in [6.07, 6.45) is 2.30. The van der Waals surface area contributed by atoms with Gasteiger partial charge in [-0.1, -0.05) is 28.1 Å². The van der Waals surface area contributed by atoms with Crippen LogP contribution in [-0.4, -0.2) is 45.2 Å². The Morgan fingerprint density at radius 3 is 2.70 bits per heavy atom. The fourth-order valence-corrected chi connectivity index (χ4v) is 4.18. The van der Waals surface area contributed by atoms with Crippen molar-refractivity contribution in [2.45, 2.75) is 17.7 Å². The summed E-state index contributed by atoms with van der Waals surface area (Å²) in [5, 5.41) is 0.964. The SMILES string of the molecule is CN(C)S(=O)(=O)c1ccccc1N1CCCC(CBr)C1. The van der Waals surface area contributed by atoms with E-state index in [1.807, 2.05) is 12.1 Å². The van der Waals surface area contributed by atoms with E-state index in [2.05, 4.69) is 20.8 Å². The standard InChI is InChI=1S/C14H21BrN2O2S/c1-16(2)20(18,19)14-8-4-3-7-13(14)17-9-5-6-12(10-15)11-17/h3-4,7-8,12H,5-6,9-11H2,1-2H3. The van der Waals surface area contributed by atoms with Crippen molar-refractivity contribution in [3.05, 3.63) is 24.3 Å². The number of hydrogen-bond donors (Lipinski definition) is 0. The predicted molar refractivity (Wildman–Crippen MR) is 86.0 cm³/mol. The third kappa shape index (κ3) is 3.18. The molecule has 0 radical (unpaired) electrons. The zero-order valence-corrected chi connectivity index (χ0v) is 14.3. The van der Waals surface area contributed by atoms with Crippen molar-refractivity contribution >= 4 is 31.6 Å². The van der Waals surface area contributed by atoms with Crippen LogP contribution in [0.3, 0.4) is 0 Å². The summed E-state index contributed by atoms with van der Waals surface area (Å²) in [4.78, 5) is 2.60. The van der Waals surface area contributed by atoms with E-state index in [-0.39, 0.29) is 0 Å². The van der Waals surface area contributed by atoms with Crippen LogP contribution in [0.5, 0.6) is 0 Å². The van der Waals surface area contributed by atoms with Crippen molar-refractivity contribution in [2.75, 3.05) is 37.4 Å². The van der Waals surface area contributed by atoms with E-state index in [4.69, 9.17) is 0 Å². The summed E-state index contributed by atoms with van der Waals surface area (Å²) in [5.41, 5.74) is 0.826.